The Balaban J connectivity index is 1.07. The van der Waals surface area contributed by atoms with Gasteiger partial charge in [0.05, 0.1) is 27.5 Å². The van der Waals surface area contributed by atoms with Gasteiger partial charge in [0.25, 0.3) is 0 Å². The second-order valence-corrected chi connectivity index (χ2v) is 19.3. The van der Waals surface area contributed by atoms with Crippen LogP contribution in [0.5, 0.6) is 121 Å². The van der Waals surface area contributed by atoms with Crippen molar-refractivity contribution in [3.8, 4) is 132 Å². The summed E-state index contributed by atoms with van der Waals surface area (Å²) in [5.41, 5.74) is -12.9. The Labute approximate surface area is 490 Å². The van der Waals surface area contributed by atoms with Crippen molar-refractivity contribution in [3.05, 3.63) is 97.2 Å². The van der Waals surface area contributed by atoms with E-state index in [1.807, 2.05) is 0 Å². The van der Waals surface area contributed by atoms with E-state index in [9.17, 15) is 126 Å². The Morgan fingerprint density at radius 1 is 0.456 bits per heavy atom. The number of aliphatic hydroxyl groups excluding tert-OH is 1. The predicted octanol–water partition coefficient (Wildman–Crippen LogP) is 3.30. The number of aromatic hydroxyl groups is 17. The maximum Gasteiger partial charge on any atom is 0.344 e. The Morgan fingerprint density at radius 3 is 1.56 bits per heavy atom. The Morgan fingerprint density at radius 2 is 0.944 bits per heavy atom. The van der Waals surface area contributed by atoms with Crippen LogP contribution in [0.15, 0.2) is 67.0 Å². The van der Waals surface area contributed by atoms with Crippen molar-refractivity contribution in [2.45, 2.75) is 30.7 Å². The molecule has 0 radical (unpaired) electrons. The number of phenols is 17. The molecule has 7 aromatic carbocycles. The minimum Gasteiger partial charge on any atom is -0.504 e. The molecule has 1 fully saturated rings. The van der Waals surface area contributed by atoms with E-state index in [0.29, 0.717) is 42.5 Å². The quantitative estimate of drug-likeness (QED) is 0.0324. The number of fused-ring (bicyclic) bond motifs is 4. The lowest BCUT2D eigenvalue weighted by Gasteiger charge is -2.42. The van der Waals surface area contributed by atoms with Crippen molar-refractivity contribution in [2.24, 2.45) is 0 Å². The highest BCUT2D eigenvalue weighted by Gasteiger charge is 2.54. The molecule has 19 N–H and O–H groups in total. The van der Waals surface area contributed by atoms with E-state index >= 15 is 4.79 Å². The molecule has 0 saturated carbocycles. The summed E-state index contributed by atoms with van der Waals surface area (Å²) in [4.78, 5) is 97.1. The van der Waals surface area contributed by atoms with Crippen LogP contribution in [0.1, 0.15) is 51.8 Å². The summed E-state index contributed by atoms with van der Waals surface area (Å²) in [6.45, 7) is -1.37. The first kappa shape index (κ1) is 58.7. The van der Waals surface area contributed by atoms with Gasteiger partial charge in [-0.15, -0.1) is 0 Å². The average Bonchev–Trinajstić information content (AvgIpc) is 0.883. The number of carbonyl (C=O) groups is 5. The molecule has 4 heterocycles. The molecule has 35 nitrogen and oxygen atoms in total. The van der Waals surface area contributed by atoms with Gasteiger partial charge in [-0.2, -0.15) is 0 Å². The number of carboxylic acids is 1. The molecular weight excluding hydrogens is 1220 g/mol. The zero-order chi connectivity index (χ0) is 65.3. The smallest absolute Gasteiger partial charge is 0.344 e. The van der Waals surface area contributed by atoms with Crippen molar-refractivity contribution < 1.29 is 163 Å². The molecule has 11 rings (SSSR count). The third-order valence-corrected chi connectivity index (χ3v) is 14.0. The minimum absolute atomic E-state index is 0.277. The van der Waals surface area contributed by atoms with Gasteiger partial charge in [-0.05, 0) is 30.3 Å². The van der Waals surface area contributed by atoms with Crippen LogP contribution in [0.4, 0.5) is 0 Å². The first-order valence-electron chi connectivity index (χ1n) is 24.7. The van der Waals surface area contributed by atoms with Crippen LogP contribution < -0.4 is 20.7 Å². The lowest BCUT2D eigenvalue weighted by Crippen LogP contribution is -2.62. The lowest BCUT2D eigenvalue weighted by atomic mass is 9.91. The summed E-state index contributed by atoms with van der Waals surface area (Å²) in [6.07, 6.45) is -13.3. The standard InChI is InChI=1S/C55H34O35/c56-17-1-10(2-18(57)30(17)63)49(75)89-46-43-25(9-82-50(76)11-3-19(58)31(64)36(69)26(11)27-14(53(79)86-43)8-24(35(68)37(27)70)83-40-15(48(73)74)6-20(59)32(65)38(40)71)84-55(81)47(46)90-54(80)16-7-21(60)33(66)39(72)41(16)85-42-23(62)5-13-29-28-12(52(78)88-45(29)42)4-22(61)34(67)44(28)87-51(13)77/h1-8,25,43,46-47,55-72,81H,9H2,(H,73,74)/t25-,43-,46+,47-,55?/m1/s1. The highest BCUT2D eigenvalue weighted by atomic mass is 16.7. The van der Waals surface area contributed by atoms with E-state index in [-0.39, 0.29) is 6.07 Å². The van der Waals surface area contributed by atoms with E-state index < -0.39 is 271 Å². The number of esters is 4. The van der Waals surface area contributed by atoms with Gasteiger partial charge in [0.15, 0.2) is 111 Å². The number of aliphatic hydroxyl groups is 1. The van der Waals surface area contributed by atoms with Crippen LogP contribution in [0.25, 0.3) is 43.8 Å². The van der Waals surface area contributed by atoms with Crippen molar-refractivity contribution in [2.75, 3.05) is 6.61 Å². The maximum absolute atomic E-state index is 15.1. The molecule has 1 unspecified atom stereocenters. The molecule has 0 amide bonds. The average molecular weight is 1250 g/mol. The van der Waals surface area contributed by atoms with Crippen LogP contribution in [0.2, 0.25) is 0 Å². The summed E-state index contributed by atoms with van der Waals surface area (Å²) in [5.74, 6) is -38.1. The first-order chi connectivity index (χ1) is 42.4. The zero-order valence-electron chi connectivity index (χ0n) is 43.7. The second kappa shape index (κ2) is 20.9. The number of ether oxygens (including phenoxy) is 7. The highest BCUT2D eigenvalue weighted by molar-refractivity contribution is 6.22. The summed E-state index contributed by atoms with van der Waals surface area (Å²) < 4.78 is 49.5. The van der Waals surface area contributed by atoms with Gasteiger partial charge in [-0.25, -0.2) is 33.6 Å². The number of cyclic esters (lactones) is 1. The van der Waals surface area contributed by atoms with Crippen molar-refractivity contribution >= 4 is 62.6 Å². The van der Waals surface area contributed by atoms with E-state index in [1.54, 1.807) is 0 Å². The van der Waals surface area contributed by atoms with E-state index in [2.05, 4.69) is 0 Å². The molecule has 1 saturated heterocycles. The number of rotatable bonds is 9. The second-order valence-electron chi connectivity index (χ2n) is 19.3. The van der Waals surface area contributed by atoms with Gasteiger partial charge >= 0.3 is 41.1 Å². The van der Waals surface area contributed by atoms with E-state index in [4.69, 9.17) is 42.0 Å². The van der Waals surface area contributed by atoms with Crippen LogP contribution in [0, 0.1) is 0 Å². The Hall–Kier alpha value is -13.1. The SMILES string of the molecule is O=C(O[C@H]1[C@@H]2OC(=O)c3cc(Oc4c(C(=O)O)cc(O)c(O)c4O)c(O)c(O)c3-c3c(cc(O)c(O)c3O)C(=O)OC[C@H]2OC(O)[C@@H]1OC(=O)c1cc(O)c(O)c(O)c1Oc1c(O)cc2c(=O)oc3c(O)c(O)cc4c(=O)oc1c2c34)c1cc(O)c(O)c(O)c1. The fourth-order valence-corrected chi connectivity index (χ4v) is 9.79. The molecule has 35 heteroatoms. The zero-order valence-corrected chi connectivity index (χ0v) is 43.7. The first-order valence-corrected chi connectivity index (χ1v) is 24.7. The topological polar surface area (TPSA) is 595 Å². The fraction of sp³-hybridized carbons (Fsp3) is 0.109. The van der Waals surface area contributed by atoms with Crippen molar-refractivity contribution in [1.29, 1.82) is 0 Å². The molecule has 0 bridgehead atoms. The molecular formula is C55H34O35. The number of hydrogen-bond acceptors (Lipinski definition) is 34. The number of aromatic carboxylic acids is 1. The Bertz CT molecular complexity index is 4780. The number of phenolic OH excluding ortho intramolecular Hbond substituents is 17. The molecule has 2 aromatic heterocycles. The number of carbonyl (C=O) groups excluding carboxylic acids is 4. The van der Waals surface area contributed by atoms with Gasteiger partial charge in [0, 0.05) is 40.1 Å². The molecule has 2 aliphatic heterocycles. The van der Waals surface area contributed by atoms with Gasteiger partial charge in [-0.3, -0.25) is 0 Å². The largest absolute Gasteiger partial charge is 0.504 e. The molecule has 0 aliphatic carbocycles. The van der Waals surface area contributed by atoms with Crippen LogP contribution in [0.3, 0.4) is 0 Å². The normalized spacial score (nSPS) is 17.3. The summed E-state index contributed by atoms with van der Waals surface area (Å²) >= 11 is 0. The summed E-state index contributed by atoms with van der Waals surface area (Å²) in [7, 11) is 0. The van der Waals surface area contributed by atoms with Crippen LogP contribution >= 0.6 is 0 Å². The molecule has 0 spiro atoms. The van der Waals surface area contributed by atoms with Crippen molar-refractivity contribution in [1.82, 2.24) is 0 Å². The molecule has 464 valence electrons. The summed E-state index contributed by atoms with van der Waals surface area (Å²) in [6, 6.07) is 3.54. The Kier molecular flexibility index (Phi) is 13.6. The lowest BCUT2D eigenvalue weighted by molar-refractivity contribution is -0.284. The van der Waals surface area contributed by atoms with E-state index in [0.717, 1.165) is 0 Å². The highest BCUT2D eigenvalue weighted by Crippen LogP contribution is 2.57. The third-order valence-electron chi connectivity index (χ3n) is 14.0. The third kappa shape index (κ3) is 9.12. The predicted molar refractivity (Wildman–Crippen MR) is 283 cm³/mol. The fourth-order valence-electron chi connectivity index (χ4n) is 9.79. The van der Waals surface area contributed by atoms with Crippen molar-refractivity contribution in [3.63, 3.8) is 0 Å². The maximum atomic E-state index is 15.1. The monoisotopic (exact) mass is 1250 g/mol. The molecule has 2 aliphatic rings. The van der Waals surface area contributed by atoms with Gasteiger partial charge in [-0.1, -0.05) is 0 Å². The summed E-state index contributed by atoms with van der Waals surface area (Å²) in [5, 5.41) is 203. The van der Waals surface area contributed by atoms with E-state index in [1.165, 1.54) is 0 Å². The number of hydrogen-bond donors (Lipinski definition) is 19. The number of benzene rings is 7. The molecule has 90 heavy (non-hydrogen) atoms. The van der Waals surface area contributed by atoms with Gasteiger partial charge in [0.2, 0.25) is 46.0 Å². The van der Waals surface area contributed by atoms with Crippen LogP contribution in [-0.4, -0.2) is 164 Å². The molecule has 9 aromatic rings. The van der Waals surface area contributed by atoms with Gasteiger partial charge < -0.3 is 139 Å². The van der Waals surface area contributed by atoms with Crippen LogP contribution in [-0.2, 0) is 23.7 Å². The van der Waals surface area contributed by atoms with Gasteiger partial charge in [0.1, 0.15) is 23.8 Å². The number of carboxylic acid groups (broad SMARTS) is 1. The minimum atomic E-state index is -2.82. The molecule has 5 atom stereocenters.